The van der Waals surface area contributed by atoms with Crippen LogP contribution in [0.5, 0.6) is 5.75 Å². The van der Waals surface area contributed by atoms with Gasteiger partial charge < -0.3 is 20.6 Å². The number of anilines is 1. The molecule has 0 saturated heterocycles. The van der Waals surface area contributed by atoms with Crippen molar-refractivity contribution in [3.63, 3.8) is 0 Å². The van der Waals surface area contributed by atoms with Gasteiger partial charge in [-0.05, 0) is 39.3 Å². The van der Waals surface area contributed by atoms with E-state index in [0.717, 1.165) is 23.0 Å². The van der Waals surface area contributed by atoms with Crippen LogP contribution in [0.3, 0.4) is 0 Å². The zero-order valence-corrected chi connectivity index (χ0v) is 19.1. The van der Waals surface area contributed by atoms with Gasteiger partial charge in [-0.25, -0.2) is 27.8 Å². The van der Waals surface area contributed by atoms with Crippen molar-refractivity contribution >= 4 is 37.8 Å². The zero-order valence-electron chi connectivity index (χ0n) is 18.3. The second-order valence-electron chi connectivity index (χ2n) is 7.53. The molecule has 0 aliphatic rings. The van der Waals surface area contributed by atoms with Crippen LogP contribution in [-0.2, 0) is 21.4 Å². The first kappa shape index (κ1) is 23.0. The minimum Gasteiger partial charge on any atom is -0.493 e. The lowest BCUT2D eigenvalue weighted by Gasteiger charge is -2.16. The van der Waals surface area contributed by atoms with Crippen molar-refractivity contribution in [2.45, 2.75) is 39.8 Å². The fraction of sp³-hybridized carbons (Fsp3) is 0.500. The number of hydrogen-bond acceptors (Lipinski definition) is 8. The number of fused-ring (bicyclic) bond motifs is 3. The topological polar surface area (TPSA) is 133 Å². The number of ether oxygens (including phenoxy) is 2. The standard InChI is InChI=1S/C20H30N6O4S/c1-5-29-12-17-24-18-19(26(17)25-13(2)3)15-8-7-14(11-16(15)23-20(18)21)30-10-6-9-22-31(4,27)28/h7-8,11,13,22,25H,5-6,9-10,12H2,1-4H3,(H2,21,23). The van der Waals surface area contributed by atoms with Gasteiger partial charge in [-0.15, -0.1) is 0 Å². The predicted molar refractivity (Wildman–Crippen MR) is 122 cm³/mol. The Hall–Kier alpha value is -2.63. The Bertz CT molecular complexity index is 1160. The van der Waals surface area contributed by atoms with Gasteiger partial charge in [-0.2, -0.15) is 0 Å². The van der Waals surface area contributed by atoms with E-state index in [2.05, 4.69) is 20.1 Å². The summed E-state index contributed by atoms with van der Waals surface area (Å²) in [6, 6.07) is 5.78. The molecule has 3 rings (SSSR count). The van der Waals surface area contributed by atoms with Crippen molar-refractivity contribution in [3.05, 3.63) is 24.0 Å². The number of nitrogens with zero attached hydrogens (tertiary/aromatic N) is 3. The molecule has 3 aromatic rings. The summed E-state index contributed by atoms with van der Waals surface area (Å²) in [5, 5.41) is 0.888. The number of benzene rings is 1. The van der Waals surface area contributed by atoms with E-state index < -0.39 is 10.0 Å². The number of nitrogens with two attached hydrogens (primary N) is 1. The molecule has 1 aromatic carbocycles. The fourth-order valence-corrected chi connectivity index (χ4v) is 3.69. The molecule has 0 spiro atoms. The molecule has 2 aromatic heterocycles. The van der Waals surface area contributed by atoms with Crippen LogP contribution in [0.2, 0.25) is 0 Å². The maximum atomic E-state index is 11.1. The maximum absolute atomic E-state index is 11.1. The molecule has 4 N–H and O–H groups in total. The number of rotatable bonds is 11. The summed E-state index contributed by atoms with van der Waals surface area (Å²) in [6.07, 6.45) is 1.68. The lowest BCUT2D eigenvalue weighted by molar-refractivity contribution is 0.127. The van der Waals surface area contributed by atoms with Crippen LogP contribution >= 0.6 is 0 Å². The van der Waals surface area contributed by atoms with Gasteiger partial charge in [-0.1, -0.05) is 0 Å². The largest absolute Gasteiger partial charge is 0.493 e. The lowest BCUT2D eigenvalue weighted by atomic mass is 10.2. The van der Waals surface area contributed by atoms with Crippen molar-refractivity contribution < 1.29 is 17.9 Å². The number of imidazole rings is 1. The highest BCUT2D eigenvalue weighted by atomic mass is 32.2. The van der Waals surface area contributed by atoms with Crippen LogP contribution in [0.25, 0.3) is 21.9 Å². The Balaban J connectivity index is 1.91. The van der Waals surface area contributed by atoms with Gasteiger partial charge in [0.15, 0.2) is 11.6 Å². The Morgan fingerprint density at radius 3 is 2.71 bits per heavy atom. The summed E-state index contributed by atoms with van der Waals surface area (Å²) in [5.74, 6) is 1.69. The van der Waals surface area contributed by atoms with E-state index in [1.54, 1.807) is 0 Å². The number of sulfonamides is 1. The highest BCUT2D eigenvalue weighted by Gasteiger charge is 2.18. The Labute approximate surface area is 182 Å². The first-order valence-corrected chi connectivity index (χ1v) is 12.1. The summed E-state index contributed by atoms with van der Waals surface area (Å²) in [4.78, 5) is 9.18. The average molecular weight is 451 g/mol. The highest BCUT2D eigenvalue weighted by molar-refractivity contribution is 7.88. The zero-order chi connectivity index (χ0) is 22.6. The van der Waals surface area contributed by atoms with Crippen LogP contribution in [0.4, 0.5) is 5.82 Å². The van der Waals surface area contributed by atoms with Gasteiger partial charge in [0.2, 0.25) is 10.0 Å². The molecule has 0 atom stereocenters. The Kier molecular flexibility index (Phi) is 7.19. The van der Waals surface area contributed by atoms with E-state index in [9.17, 15) is 8.42 Å². The molecule has 0 unspecified atom stereocenters. The Morgan fingerprint density at radius 1 is 1.26 bits per heavy atom. The molecule has 11 heteroatoms. The number of nitrogen functional groups attached to an aromatic ring is 1. The molecule has 10 nitrogen and oxygen atoms in total. The van der Waals surface area contributed by atoms with E-state index in [-0.39, 0.29) is 6.04 Å². The first-order chi connectivity index (χ1) is 14.7. The molecule has 0 amide bonds. The molecule has 0 fully saturated rings. The normalized spacial score (nSPS) is 12.2. The predicted octanol–water partition coefficient (Wildman–Crippen LogP) is 1.97. The number of nitrogens with one attached hydrogen (secondary N) is 2. The first-order valence-electron chi connectivity index (χ1n) is 10.2. The van der Waals surface area contributed by atoms with Crippen molar-refractivity contribution in [2.24, 2.45) is 0 Å². The lowest BCUT2D eigenvalue weighted by Crippen LogP contribution is -2.24. The molecule has 2 heterocycles. The highest BCUT2D eigenvalue weighted by Crippen LogP contribution is 2.30. The summed E-state index contributed by atoms with van der Waals surface area (Å²) in [5.41, 5.74) is 11.8. The average Bonchev–Trinajstić information content (AvgIpc) is 3.03. The number of pyridine rings is 1. The molecule has 0 aliphatic carbocycles. The van der Waals surface area contributed by atoms with Gasteiger partial charge in [0.1, 0.15) is 23.4 Å². The summed E-state index contributed by atoms with van der Waals surface area (Å²) in [7, 11) is -3.19. The molecular formula is C20H30N6O4S. The third-order valence-corrected chi connectivity index (χ3v) is 5.16. The summed E-state index contributed by atoms with van der Waals surface area (Å²) in [6.45, 7) is 7.67. The third kappa shape index (κ3) is 5.75. The van der Waals surface area contributed by atoms with Crippen molar-refractivity contribution in [1.82, 2.24) is 19.4 Å². The molecule has 0 aliphatic heterocycles. The van der Waals surface area contributed by atoms with Crippen molar-refractivity contribution in [2.75, 3.05) is 37.2 Å². The van der Waals surface area contributed by atoms with Gasteiger partial charge in [-0.3, -0.25) is 0 Å². The number of hydrogen-bond donors (Lipinski definition) is 3. The molecule has 31 heavy (non-hydrogen) atoms. The van der Waals surface area contributed by atoms with E-state index in [0.29, 0.717) is 55.4 Å². The maximum Gasteiger partial charge on any atom is 0.208 e. The van der Waals surface area contributed by atoms with E-state index in [1.807, 2.05) is 43.6 Å². The van der Waals surface area contributed by atoms with Crippen LogP contribution in [-0.4, -0.2) is 55.1 Å². The van der Waals surface area contributed by atoms with Crippen molar-refractivity contribution in [3.8, 4) is 5.75 Å². The Morgan fingerprint density at radius 2 is 2.03 bits per heavy atom. The van der Waals surface area contributed by atoms with E-state index in [4.69, 9.17) is 15.2 Å². The number of aromatic nitrogens is 3. The molecular weight excluding hydrogens is 420 g/mol. The molecule has 170 valence electrons. The summed E-state index contributed by atoms with van der Waals surface area (Å²) >= 11 is 0. The molecule has 0 saturated carbocycles. The SMILES string of the molecule is CCOCc1nc2c(N)nc3cc(OCCCNS(C)(=O)=O)ccc3c2n1NC(C)C. The van der Waals surface area contributed by atoms with Crippen LogP contribution in [0.15, 0.2) is 18.2 Å². The smallest absolute Gasteiger partial charge is 0.208 e. The van der Waals surface area contributed by atoms with Crippen LogP contribution < -0.4 is 20.6 Å². The second kappa shape index (κ2) is 9.67. The van der Waals surface area contributed by atoms with Gasteiger partial charge in [0.05, 0.1) is 18.4 Å². The van der Waals surface area contributed by atoms with Gasteiger partial charge >= 0.3 is 0 Å². The van der Waals surface area contributed by atoms with Crippen LogP contribution in [0, 0.1) is 0 Å². The van der Waals surface area contributed by atoms with Gasteiger partial charge in [0.25, 0.3) is 0 Å². The molecule has 0 bridgehead atoms. The minimum absolute atomic E-state index is 0.172. The molecule has 0 radical (unpaired) electrons. The quantitative estimate of drug-likeness (QED) is 0.378. The van der Waals surface area contributed by atoms with Crippen molar-refractivity contribution in [1.29, 1.82) is 0 Å². The van der Waals surface area contributed by atoms with Crippen LogP contribution in [0.1, 0.15) is 33.0 Å². The van der Waals surface area contributed by atoms with Gasteiger partial charge in [0, 0.05) is 30.6 Å². The van der Waals surface area contributed by atoms with E-state index in [1.165, 1.54) is 0 Å². The fourth-order valence-electron chi connectivity index (χ4n) is 3.18. The third-order valence-electron chi connectivity index (χ3n) is 4.43. The summed E-state index contributed by atoms with van der Waals surface area (Å²) < 4.78 is 37.9. The minimum atomic E-state index is -3.19. The van der Waals surface area contributed by atoms with E-state index >= 15 is 0 Å². The second-order valence-corrected chi connectivity index (χ2v) is 9.36. The monoisotopic (exact) mass is 450 g/mol.